The fraction of sp³-hybridized carbons (Fsp3) is 0.0500. The summed E-state index contributed by atoms with van der Waals surface area (Å²) < 4.78 is 0. The first-order valence-electron chi connectivity index (χ1n) is 7.26. The highest BCUT2D eigenvalue weighted by Gasteiger charge is 2.13. The van der Waals surface area contributed by atoms with Crippen molar-refractivity contribution in [2.45, 2.75) is 6.92 Å². The van der Waals surface area contributed by atoms with E-state index in [4.69, 9.17) is 0 Å². The van der Waals surface area contributed by atoms with Gasteiger partial charge in [0, 0.05) is 22.5 Å². The molecule has 0 amide bonds. The van der Waals surface area contributed by atoms with Gasteiger partial charge in [0.25, 0.3) is 0 Å². The minimum Gasteiger partial charge on any atom is -0.355 e. The molecule has 0 radical (unpaired) electrons. The van der Waals surface area contributed by atoms with Gasteiger partial charge in [-0.2, -0.15) is 0 Å². The smallest absolute Gasteiger partial charge is 0.195 e. The number of hydrogen-bond acceptors (Lipinski definition) is 2. The summed E-state index contributed by atoms with van der Waals surface area (Å²) in [4.78, 5) is 12.7. The highest BCUT2D eigenvalue weighted by molar-refractivity contribution is 6.12. The van der Waals surface area contributed by atoms with Crippen LogP contribution in [-0.4, -0.2) is 5.78 Å². The highest BCUT2D eigenvalue weighted by atomic mass is 16.1. The molecule has 0 heterocycles. The van der Waals surface area contributed by atoms with E-state index in [1.807, 2.05) is 85.8 Å². The standard InChI is InChI=1S/C20H17NO/c1-15-11-13-16(14-12-15)20(22)18-9-5-6-10-19(18)21-17-7-3-2-4-8-17/h2-14,21H,1H3. The normalized spacial score (nSPS) is 10.2. The number of para-hydroxylation sites is 2. The predicted octanol–water partition coefficient (Wildman–Crippen LogP) is 4.97. The highest BCUT2D eigenvalue weighted by Crippen LogP contribution is 2.23. The van der Waals surface area contributed by atoms with E-state index in [0.717, 1.165) is 16.9 Å². The van der Waals surface area contributed by atoms with Crippen molar-refractivity contribution in [3.05, 3.63) is 95.6 Å². The molecule has 0 aliphatic rings. The van der Waals surface area contributed by atoms with Crippen LogP contribution in [0.1, 0.15) is 21.5 Å². The zero-order valence-electron chi connectivity index (χ0n) is 12.4. The first-order chi connectivity index (χ1) is 10.7. The maximum Gasteiger partial charge on any atom is 0.195 e. The van der Waals surface area contributed by atoms with E-state index in [0.29, 0.717) is 11.1 Å². The van der Waals surface area contributed by atoms with Crippen LogP contribution in [0.15, 0.2) is 78.9 Å². The largest absolute Gasteiger partial charge is 0.355 e. The van der Waals surface area contributed by atoms with E-state index in [1.54, 1.807) is 0 Å². The molecule has 22 heavy (non-hydrogen) atoms. The predicted molar refractivity (Wildman–Crippen MR) is 90.8 cm³/mol. The Kier molecular flexibility index (Phi) is 4.01. The first-order valence-corrected chi connectivity index (χ1v) is 7.26. The molecule has 0 saturated heterocycles. The van der Waals surface area contributed by atoms with E-state index >= 15 is 0 Å². The number of carbonyl (C=O) groups is 1. The Balaban J connectivity index is 1.94. The Morgan fingerprint density at radius 1 is 0.773 bits per heavy atom. The van der Waals surface area contributed by atoms with Gasteiger partial charge in [0.05, 0.1) is 0 Å². The summed E-state index contributed by atoms with van der Waals surface area (Å²) >= 11 is 0. The first kappa shape index (κ1) is 14.1. The van der Waals surface area contributed by atoms with Crippen molar-refractivity contribution in [3.8, 4) is 0 Å². The summed E-state index contributed by atoms with van der Waals surface area (Å²) in [6, 6.07) is 25.1. The fourth-order valence-electron chi connectivity index (χ4n) is 2.33. The minimum absolute atomic E-state index is 0.0269. The number of ketones is 1. The molecule has 3 aromatic carbocycles. The molecule has 1 N–H and O–H groups in total. The second-order valence-electron chi connectivity index (χ2n) is 5.23. The number of rotatable bonds is 4. The summed E-state index contributed by atoms with van der Waals surface area (Å²) in [5.41, 5.74) is 4.31. The van der Waals surface area contributed by atoms with Crippen LogP contribution in [0.5, 0.6) is 0 Å². The molecule has 0 atom stereocenters. The molecule has 0 aliphatic heterocycles. The van der Waals surface area contributed by atoms with E-state index in [1.165, 1.54) is 0 Å². The van der Waals surface area contributed by atoms with Gasteiger partial charge >= 0.3 is 0 Å². The molecule has 2 nitrogen and oxygen atoms in total. The Morgan fingerprint density at radius 2 is 1.41 bits per heavy atom. The van der Waals surface area contributed by atoms with Gasteiger partial charge in [0.1, 0.15) is 0 Å². The summed E-state index contributed by atoms with van der Waals surface area (Å²) in [5.74, 6) is 0.0269. The molecule has 0 saturated carbocycles. The van der Waals surface area contributed by atoms with Crippen LogP contribution in [0.4, 0.5) is 11.4 Å². The third-order valence-electron chi connectivity index (χ3n) is 3.54. The molecular formula is C20H17NO. The van der Waals surface area contributed by atoms with E-state index < -0.39 is 0 Å². The van der Waals surface area contributed by atoms with Crippen LogP contribution in [0.2, 0.25) is 0 Å². The van der Waals surface area contributed by atoms with Gasteiger partial charge in [0.2, 0.25) is 0 Å². The lowest BCUT2D eigenvalue weighted by Gasteiger charge is -2.11. The van der Waals surface area contributed by atoms with E-state index in [-0.39, 0.29) is 5.78 Å². The molecule has 0 spiro atoms. The van der Waals surface area contributed by atoms with Crippen molar-refractivity contribution >= 4 is 17.2 Å². The van der Waals surface area contributed by atoms with Gasteiger partial charge < -0.3 is 5.32 Å². The number of benzene rings is 3. The zero-order valence-corrected chi connectivity index (χ0v) is 12.4. The number of aryl methyl sites for hydroxylation is 1. The van der Waals surface area contributed by atoms with Crippen molar-refractivity contribution in [2.24, 2.45) is 0 Å². The van der Waals surface area contributed by atoms with Crippen LogP contribution in [0, 0.1) is 6.92 Å². The minimum atomic E-state index is 0.0269. The maximum absolute atomic E-state index is 12.7. The molecule has 0 unspecified atom stereocenters. The average molecular weight is 287 g/mol. The maximum atomic E-state index is 12.7. The second kappa shape index (κ2) is 6.27. The molecule has 0 aromatic heterocycles. The Labute approximate surface area is 130 Å². The van der Waals surface area contributed by atoms with Crippen molar-refractivity contribution in [1.82, 2.24) is 0 Å². The van der Waals surface area contributed by atoms with Crippen LogP contribution < -0.4 is 5.32 Å². The summed E-state index contributed by atoms with van der Waals surface area (Å²) in [6.07, 6.45) is 0. The Morgan fingerprint density at radius 3 is 2.14 bits per heavy atom. The zero-order chi connectivity index (χ0) is 15.4. The molecule has 0 aliphatic carbocycles. The van der Waals surface area contributed by atoms with Gasteiger partial charge in [-0.3, -0.25) is 4.79 Å². The van der Waals surface area contributed by atoms with Crippen molar-refractivity contribution in [2.75, 3.05) is 5.32 Å². The molecule has 0 bridgehead atoms. The molecule has 2 heteroatoms. The lowest BCUT2D eigenvalue weighted by molar-refractivity contribution is 0.103. The van der Waals surface area contributed by atoms with Crippen LogP contribution in [0.3, 0.4) is 0 Å². The van der Waals surface area contributed by atoms with Gasteiger partial charge in [-0.25, -0.2) is 0 Å². The Bertz CT molecular complexity index is 776. The number of anilines is 2. The van der Waals surface area contributed by atoms with Crippen LogP contribution in [-0.2, 0) is 0 Å². The number of carbonyl (C=O) groups excluding carboxylic acids is 1. The summed E-state index contributed by atoms with van der Waals surface area (Å²) in [7, 11) is 0. The van der Waals surface area contributed by atoms with Gasteiger partial charge in [-0.15, -0.1) is 0 Å². The Hall–Kier alpha value is -2.87. The number of hydrogen-bond donors (Lipinski definition) is 1. The second-order valence-corrected chi connectivity index (χ2v) is 5.23. The van der Waals surface area contributed by atoms with E-state index in [2.05, 4.69) is 5.32 Å². The van der Waals surface area contributed by atoms with Crippen molar-refractivity contribution in [3.63, 3.8) is 0 Å². The van der Waals surface area contributed by atoms with E-state index in [9.17, 15) is 4.79 Å². The topological polar surface area (TPSA) is 29.1 Å². The molecule has 0 fully saturated rings. The van der Waals surface area contributed by atoms with Crippen molar-refractivity contribution in [1.29, 1.82) is 0 Å². The fourth-order valence-corrected chi connectivity index (χ4v) is 2.33. The molecule has 3 rings (SSSR count). The van der Waals surface area contributed by atoms with Gasteiger partial charge in [-0.05, 0) is 31.2 Å². The third-order valence-corrected chi connectivity index (χ3v) is 3.54. The van der Waals surface area contributed by atoms with Crippen molar-refractivity contribution < 1.29 is 4.79 Å². The van der Waals surface area contributed by atoms with Gasteiger partial charge in [-0.1, -0.05) is 60.2 Å². The summed E-state index contributed by atoms with van der Waals surface area (Å²) in [5, 5.41) is 3.31. The SMILES string of the molecule is Cc1ccc(C(=O)c2ccccc2Nc2ccccc2)cc1. The lowest BCUT2D eigenvalue weighted by Crippen LogP contribution is -2.05. The summed E-state index contributed by atoms with van der Waals surface area (Å²) in [6.45, 7) is 2.01. The lowest BCUT2D eigenvalue weighted by atomic mass is 10.0. The average Bonchev–Trinajstić information content (AvgIpc) is 2.56. The number of nitrogens with one attached hydrogen (secondary N) is 1. The molecular weight excluding hydrogens is 270 g/mol. The quantitative estimate of drug-likeness (QED) is 0.686. The molecule has 3 aromatic rings. The third kappa shape index (κ3) is 3.07. The monoisotopic (exact) mass is 287 g/mol. The van der Waals surface area contributed by atoms with Crippen LogP contribution in [0.25, 0.3) is 0 Å². The molecule has 108 valence electrons. The van der Waals surface area contributed by atoms with Gasteiger partial charge in [0.15, 0.2) is 5.78 Å². The van der Waals surface area contributed by atoms with Crippen LogP contribution >= 0.6 is 0 Å².